The van der Waals surface area contributed by atoms with Gasteiger partial charge in [-0.05, 0) is 43.4 Å². The molecule has 0 bridgehead atoms. The van der Waals surface area contributed by atoms with Crippen LogP contribution >= 0.6 is 0 Å². The smallest absolute Gasteiger partial charge is 0.248 e. The minimum atomic E-state index is 0.00229. The SMILES string of the molecule is Cc1cc(=O)[nH]cc1[C@@H]1CCCCN1CC(C)C. The van der Waals surface area contributed by atoms with Crippen molar-refractivity contribution in [1.29, 1.82) is 0 Å². The fourth-order valence-electron chi connectivity index (χ4n) is 2.97. The lowest BCUT2D eigenvalue weighted by atomic mass is 9.93. The quantitative estimate of drug-likeness (QED) is 0.893. The molecule has 0 spiro atoms. The highest BCUT2D eigenvalue weighted by Crippen LogP contribution is 2.32. The van der Waals surface area contributed by atoms with Gasteiger partial charge in [-0.1, -0.05) is 20.3 Å². The fourth-order valence-corrected chi connectivity index (χ4v) is 2.97. The van der Waals surface area contributed by atoms with Gasteiger partial charge in [0.1, 0.15) is 0 Å². The van der Waals surface area contributed by atoms with Crippen LogP contribution in [0.1, 0.15) is 50.3 Å². The summed E-state index contributed by atoms with van der Waals surface area (Å²) >= 11 is 0. The zero-order valence-corrected chi connectivity index (χ0v) is 11.7. The molecule has 0 radical (unpaired) electrons. The Hall–Kier alpha value is -1.09. The van der Waals surface area contributed by atoms with Crippen molar-refractivity contribution < 1.29 is 0 Å². The Kier molecular flexibility index (Phi) is 4.23. The van der Waals surface area contributed by atoms with E-state index in [1.807, 2.05) is 13.1 Å². The van der Waals surface area contributed by atoms with Gasteiger partial charge in [-0.3, -0.25) is 9.69 Å². The van der Waals surface area contributed by atoms with E-state index < -0.39 is 0 Å². The molecule has 3 nitrogen and oxygen atoms in total. The third-order valence-electron chi connectivity index (χ3n) is 3.75. The molecule has 1 aromatic heterocycles. The number of pyridine rings is 1. The monoisotopic (exact) mass is 248 g/mol. The first-order valence-electron chi connectivity index (χ1n) is 7.01. The average molecular weight is 248 g/mol. The van der Waals surface area contributed by atoms with E-state index in [1.165, 1.54) is 31.4 Å². The van der Waals surface area contributed by atoms with E-state index in [2.05, 4.69) is 23.7 Å². The molecule has 0 saturated carbocycles. The number of piperidine rings is 1. The first-order valence-corrected chi connectivity index (χ1v) is 7.01. The van der Waals surface area contributed by atoms with Gasteiger partial charge in [0.25, 0.3) is 0 Å². The number of H-pyrrole nitrogens is 1. The number of nitrogens with one attached hydrogen (secondary N) is 1. The van der Waals surface area contributed by atoms with Crippen LogP contribution < -0.4 is 5.56 Å². The maximum absolute atomic E-state index is 11.3. The first kappa shape index (κ1) is 13.3. The van der Waals surface area contributed by atoms with E-state index in [4.69, 9.17) is 0 Å². The maximum atomic E-state index is 11.3. The van der Waals surface area contributed by atoms with Gasteiger partial charge in [-0.25, -0.2) is 0 Å². The summed E-state index contributed by atoms with van der Waals surface area (Å²) in [4.78, 5) is 16.7. The third-order valence-corrected chi connectivity index (χ3v) is 3.75. The summed E-state index contributed by atoms with van der Waals surface area (Å²) in [6.07, 6.45) is 5.71. The van der Waals surface area contributed by atoms with Crippen molar-refractivity contribution in [1.82, 2.24) is 9.88 Å². The minimum absolute atomic E-state index is 0.00229. The molecule has 18 heavy (non-hydrogen) atoms. The lowest BCUT2D eigenvalue weighted by molar-refractivity contribution is 0.131. The molecule has 1 saturated heterocycles. The standard InChI is InChI=1S/C15H24N2O/c1-11(2)10-17-7-5-4-6-14(17)13-9-16-15(18)8-12(13)3/h8-9,11,14H,4-7,10H2,1-3H3,(H,16,18)/t14-/m0/s1. The molecule has 0 aliphatic carbocycles. The zero-order valence-electron chi connectivity index (χ0n) is 11.7. The first-order chi connectivity index (χ1) is 8.58. The van der Waals surface area contributed by atoms with E-state index in [-0.39, 0.29) is 5.56 Å². The van der Waals surface area contributed by atoms with E-state index in [1.54, 1.807) is 6.07 Å². The Bertz CT molecular complexity index is 450. The summed E-state index contributed by atoms with van der Waals surface area (Å²) in [6.45, 7) is 8.91. The molecule has 0 unspecified atom stereocenters. The summed E-state index contributed by atoms with van der Waals surface area (Å²) in [5.74, 6) is 0.689. The molecule has 2 heterocycles. The normalized spacial score (nSPS) is 21.4. The number of nitrogens with zero attached hydrogens (tertiary/aromatic N) is 1. The predicted molar refractivity (Wildman–Crippen MR) is 74.8 cm³/mol. The summed E-state index contributed by atoms with van der Waals surface area (Å²) in [5.41, 5.74) is 2.43. The molecule has 100 valence electrons. The molecule has 0 aromatic carbocycles. The second kappa shape index (κ2) is 5.70. The van der Waals surface area contributed by atoms with Gasteiger partial charge in [-0.2, -0.15) is 0 Å². The zero-order chi connectivity index (χ0) is 13.1. The fraction of sp³-hybridized carbons (Fsp3) is 0.667. The molecule has 0 amide bonds. The molecular weight excluding hydrogens is 224 g/mol. The van der Waals surface area contributed by atoms with Gasteiger partial charge in [-0.15, -0.1) is 0 Å². The molecule has 1 N–H and O–H groups in total. The van der Waals surface area contributed by atoms with Crippen LogP contribution in [0, 0.1) is 12.8 Å². The van der Waals surface area contributed by atoms with Crippen LogP contribution in [-0.2, 0) is 0 Å². The largest absolute Gasteiger partial charge is 0.329 e. The van der Waals surface area contributed by atoms with Crippen molar-refractivity contribution in [2.45, 2.75) is 46.1 Å². The predicted octanol–water partition coefficient (Wildman–Crippen LogP) is 2.87. The van der Waals surface area contributed by atoms with Crippen LogP contribution in [0.2, 0.25) is 0 Å². The number of aromatic nitrogens is 1. The van der Waals surface area contributed by atoms with Crippen molar-refractivity contribution in [3.05, 3.63) is 33.7 Å². The summed E-state index contributed by atoms with van der Waals surface area (Å²) < 4.78 is 0. The molecule has 1 fully saturated rings. The van der Waals surface area contributed by atoms with Gasteiger partial charge in [0.15, 0.2) is 0 Å². The van der Waals surface area contributed by atoms with Gasteiger partial charge in [0.05, 0.1) is 0 Å². The highest BCUT2D eigenvalue weighted by molar-refractivity contribution is 5.25. The van der Waals surface area contributed by atoms with Gasteiger partial charge in [0, 0.05) is 24.8 Å². The molecule has 1 atom stereocenters. The third kappa shape index (κ3) is 3.02. The number of rotatable bonds is 3. The highest BCUT2D eigenvalue weighted by Gasteiger charge is 2.25. The van der Waals surface area contributed by atoms with Crippen molar-refractivity contribution in [2.75, 3.05) is 13.1 Å². The molecule has 2 rings (SSSR count). The van der Waals surface area contributed by atoms with Crippen LogP contribution in [0.3, 0.4) is 0 Å². The van der Waals surface area contributed by atoms with Crippen molar-refractivity contribution >= 4 is 0 Å². The Balaban J connectivity index is 2.24. The van der Waals surface area contributed by atoms with Crippen LogP contribution in [0.4, 0.5) is 0 Å². The number of hydrogen-bond donors (Lipinski definition) is 1. The second-order valence-corrected chi connectivity index (χ2v) is 5.84. The summed E-state index contributed by atoms with van der Waals surface area (Å²) in [5, 5.41) is 0. The van der Waals surface area contributed by atoms with E-state index in [9.17, 15) is 4.79 Å². The number of likely N-dealkylation sites (tertiary alicyclic amines) is 1. The molecule has 3 heteroatoms. The Morgan fingerprint density at radius 1 is 1.44 bits per heavy atom. The van der Waals surface area contributed by atoms with Crippen LogP contribution in [-0.4, -0.2) is 23.0 Å². The van der Waals surface area contributed by atoms with E-state index in [0.717, 1.165) is 12.1 Å². The number of aryl methyl sites for hydroxylation is 1. The number of hydrogen-bond acceptors (Lipinski definition) is 2. The Morgan fingerprint density at radius 3 is 2.89 bits per heavy atom. The topological polar surface area (TPSA) is 36.1 Å². The maximum Gasteiger partial charge on any atom is 0.248 e. The Morgan fingerprint density at radius 2 is 2.22 bits per heavy atom. The summed E-state index contributed by atoms with van der Waals surface area (Å²) in [6, 6.07) is 2.20. The van der Waals surface area contributed by atoms with Crippen molar-refractivity contribution in [2.24, 2.45) is 5.92 Å². The Labute approximate surface area is 109 Å². The summed E-state index contributed by atoms with van der Waals surface area (Å²) in [7, 11) is 0. The van der Waals surface area contributed by atoms with Crippen LogP contribution in [0.5, 0.6) is 0 Å². The van der Waals surface area contributed by atoms with E-state index >= 15 is 0 Å². The van der Waals surface area contributed by atoms with Gasteiger partial charge >= 0.3 is 0 Å². The molecule has 1 aliphatic heterocycles. The molecular formula is C15H24N2O. The van der Waals surface area contributed by atoms with Gasteiger partial charge < -0.3 is 4.98 Å². The van der Waals surface area contributed by atoms with E-state index in [0.29, 0.717) is 12.0 Å². The minimum Gasteiger partial charge on any atom is -0.329 e. The lowest BCUT2D eigenvalue weighted by Gasteiger charge is -2.37. The second-order valence-electron chi connectivity index (χ2n) is 5.84. The highest BCUT2D eigenvalue weighted by atomic mass is 16.1. The van der Waals surface area contributed by atoms with Crippen molar-refractivity contribution in [3.63, 3.8) is 0 Å². The lowest BCUT2D eigenvalue weighted by Crippen LogP contribution is -2.36. The molecule has 1 aromatic rings. The van der Waals surface area contributed by atoms with Crippen LogP contribution in [0.15, 0.2) is 17.1 Å². The molecule has 1 aliphatic rings. The average Bonchev–Trinajstić information content (AvgIpc) is 2.30. The van der Waals surface area contributed by atoms with Crippen LogP contribution in [0.25, 0.3) is 0 Å². The number of aromatic amines is 1. The van der Waals surface area contributed by atoms with Gasteiger partial charge in [0.2, 0.25) is 5.56 Å². The van der Waals surface area contributed by atoms with Crippen molar-refractivity contribution in [3.8, 4) is 0 Å².